The molecule has 0 saturated carbocycles. The van der Waals surface area contributed by atoms with E-state index in [1.54, 1.807) is 0 Å². The zero-order valence-electron chi connectivity index (χ0n) is 4.82. The maximum atomic E-state index is 8.87. The van der Waals surface area contributed by atoms with Gasteiger partial charge in [-0.3, -0.25) is 0 Å². The molecule has 0 radical (unpaired) electrons. The maximum absolute atomic E-state index is 8.87. The average molecular weight is 224 g/mol. The molecule has 2 heteroatoms. The molecule has 0 aliphatic heterocycles. The molecule has 1 atom stereocenters. The molecule has 0 aliphatic carbocycles. The molecular formula is C6H9IO. The summed E-state index contributed by atoms with van der Waals surface area (Å²) in [6.07, 6.45) is 1.37. The van der Waals surface area contributed by atoms with E-state index in [0.717, 1.165) is 12.8 Å². The highest BCUT2D eigenvalue weighted by atomic mass is 127. The number of aliphatic hydroxyl groups excluding tert-OH is 1. The van der Waals surface area contributed by atoms with Gasteiger partial charge in [-0.15, -0.1) is 0 Å². The quantitative estimate of drug-likeness (QED) is 0.557. The second-order valence-corrected chi connectivity index (χ2v) is 2.08. The molecule has 0 aromatic rings. The molecule has 0 aliphatic rings. The van der Waals surface area contributed by atoms with Crippen LogP contribution in [0.15, 0.2) is 0 Å². The Bertz CT molecular complexity index is 101. The molecule has 0 heterocycles. The number of aliphatic hydroxyl groups is 1. The molecule has 0 aromatic heterocycles. The molecule has 1 nitrogen and oxygen atoms in total. The predicted octanol–water partition coefficient (Wildman–Crippen LogP) is 1.54. The molecule has 8 heavy (non-hydrogen) atoms. The number of halogens is 1. The molecule has 0 aromatic carbocycles. The third-order valence-electron chi connectivity index (χ3n) is 0.783. The third-order valence-corrected chi connectivity index (χ3v) is 1.09. The van der Waals surface area contributed by atoms with E-state index in [1.807, 2.05) is 29.5 Å². The van der Waals surface area contributed by atoms with Gasteiger partial charge in [0.15, 0.2) is 0 Å². The summed E-state index contributed by atoms with van der Waals surface area (Å²) in [5.74, 6) is 2.64. The lowest BCUT2D eigenvalue weighted by atomic mass is 10.2. The van der Waals surface area contributed by atoms with Crippen LogP contribution in [0.3, 0.4) is 0 Å². The summed E-state index contributed by atoms with van der Waals surface area (Å²) in [4.78, 5) is 0. The zero-order valence-corrected chi connectivity index (χ0v) is 6.97. The van der Waals surface area contributed by atoms with Gasteiger partial charge < -0.3 is 5.11 Å². The van der Waals surface area contributed by atoms with E-state index in [2.05, 4.69) is 9.85 Å². The van der Waals surface area contributed by atoms with Crippen LogP contribution in [-0.2, 0) is 0 Å². The molecule has 46 valence electrons. The summed E-state index contributed by atoms with van der Waals surface area (Å²) in [6.45, 7) is 2.03. The second kappa shape index (κ2) is 5.39. The van der Waals surface area contributed by atoms with E-state index >= 15 is 0 Å². The van der Waals surface area contributed by atoms with Gasteiger partial charge in [0.1, 0.15) is 6.10 Å². The highest BCUT2D eigenvalue weighted by Gasteiger charge is 1.92. The van der Waals surface area contributed by atoms with Crippen molar-refractivity contribution in [2.24, 2.45) is 0 Å². The largest absolute Gasteiger partial charge is 0.380 e. The Morgan fingerprint density at radius 1 is 1.75 bits per heavy atom. The monoisotopic (exact) mass is 224 g/mol. The fraction of sp³-hybridized carbons (Fsp3) is 0.667. The first-order valence-electron chi connectivity index (χ1n) is 2.60. The number of rotatable bonds is 2. The van der Waals surface area contributed by atoms with Gasteiger partial charge in [0, 0.05) is 22.6 Å². The summed E-state index contributed by atoms with van der Waals surface area (Å²) in [6, 6.07) is 0. The topological polar surface area (TPSA) is 20.2 Å². The van der Waals surface area contributed by atoms with Crippen LogP contribution in [-0.4, -0.2) is 11.2 Å². The van der Waals surface area contributed by atoms with Gasteiger partial charge in [-0.2, -0.15) is 0 Å². The van der Waals surface area contributed by atoms with Crippen LogP contribution in [0.2, 0.25) is 0 Å². The van der Waals surface area contributed by atoms with Crippen LogP contribution in [0.25, 0.3) is 0 Å². The molecule has 1 N–H and O–H groups in total. The lowest BCUT2D eigenvalue weighted by Gasteiger charge is -1.95. The van der Waals surface area contributed by atoms with Crippen LogP contribution in [0, 0.1) is 9.85 Å². The molecular weight excluding hydrogens is 215 g/mol. The van der Waals surface area contributed by atoms with E-state index in [0.29, 0.717) is 0 Å². The minimum absolute atomic E-state index is 0.406. The number of hydrogen-bond donors (Lipinski definition) is 1. The molecule has 0 amide bonds. The lowest BCUT2D eigenvalue weighted by Crippen LogP contribution is -2.00. The predicted molar refractivity (Wildman–Crippen MR) is 42.7 cm³/mol. The Labute approximate surface area is 63.6 Å². The van der Waals surface area contributed by atoms with Crippen molar-refractivity contribution in [1.82, 2.24) is 0 Å². The standard InChI is InChI=1S/C6H9IO/c1-2-3-6(8)4-5-7/h6,8H,2-3H2,1H3. The van der Waals surface area contributed by atoms with Crippen molar-refractivity contribution >= 4 is 22.6 Å². The maximum Gasteiger partial charge on any atom is 0.115 e. The summed E-state index contributed by atoms with van der Waals surface area (Å²) in [5.41, 5.74) is 0. The van der Waals surface area contributed by atoms with Crippen LogP contribution >= 0.6 is 22.6 Å². The molecule has 1 unspecified atom stereocenters. The average Bonchev–Trinajstić information content (AvgIpc) is 1.68. The van der Waals surface area contributed by atoms with E-state index < -0.39 is 6.10 Å². The highest BCUT2D eigenvalue weighted by molar-refractivity contribution is 14.1. The number of hydrogen-bond acceptors (Lipinski definition) is 1. The van der Waals surface area contributed by atoms with Crippen molar-refractivity contribution in [3.05, 3.63) is 0 Å². The van der Waals surface area contributed by atoms with Crippen molar-refractivity contribution in [3.8, 4) is 9.85 Å². The summed E-state index contributed by atoms with van der Waals surface area (Å²) in [5, 5.41) is 8.87. The third kappa shape index (κ3) is 4.41. The van der Waals surface area contributed by atoms with Crippen LogP contribution in [0.1, 0.15) is 19.8 Å². The van der Waals surface area contributed by atoms with E-state index in [-0.39, 0.29) is 0 Å². The van der Waals surface area contributed by atoms with Crippen molar-refractivity contribution < 1.29 is 5.11 Å². The molecule has 0 saturated heterocycles. The SMILES string of the molecule is CCCC(O)C#CI. The minimum Gasteiger partial charge on any atom is -0.380 e. The Hall–Kier alpha value is 0.250. The van der Waals surface area contributed by atoms with Crippen LogP contribution in [0.4, 0.5) is 0 Å². The second-order valence-electron chi connectivity index (χ2n) is 1.54. The Morgan fingerprint density at radius 2 is 2.38 bits per heavy atom. The fourth-order valence-corrected chi connectivity index (χ4v) is 0.768. The first kappa shape index (κ1) is 8.25. The molecule has 0 fully saturated rings. The smallest absolute Gasteiger partial charge is 0.115 e. The van der Waals surface area contributed by atoms with Crippen LogP contribution in [0.5, 0.6) is 0 Å². The first-order chi connectivity index (χ1) is 3.81. The summed E-state index contributed by atoms with van der Waals surface area (Å²) < 4.78 is 2.62. The Morgan fingerprint density at radius 3 is 2.75 bits per heavy atom. The normalized spacial score (nSPS) is 11.9. The van der Waals surface area contributed by atoms with Crippen molar-refractivity contribution in [2.75, 3.05) is 0 Å². The fourth-order valence-electron chi connectivity index (χ4n) is 0.409. The van der Waals surface area contributed by atoms with Gasteiger partial charge in [0.25, 0.3) is 0 Å². The van der Waals surface area contributed by atoms with Crippen molar-refractivity contribution in [1.29, 1.82) is 0 Å². The van der Waals surface area contributed by atoms with Gasteiger partial charge in [0.2, 0.25) is 0 Å². The Kier molecular flexibility index (Phi) is 5.56. The highest BCUT2D eigenvalue weighted by Crippen LogP contribution is 1.93. The molecule has 0 bridgehead atoms. The summed E-state index contributed by atoms with van der Waals surface area (Å²) >= 11 is 1.92. The van der Waals surface area contributed by atoms with Gasteiger partial charge >= 0.3 is 0 Å². The van der Waals surface area contributed by atoms with Gasteiger partial charge in [-0.05, 0) is 10.3 Å². The van der Waals surface area contributed by atoms with E-state index in [4.69, 9.17) is 5.11 Å². The molecule has 0 rings (SSSR count). The van der Waals surface area contributed by atoms with Gasteiger partial charge in [0.05, 0.1) is 0 Å². The molecule has 0 spiro atoms. The van der Waals surface area contributed by atoms with Gasteiger partial charge in [-0.25, -0.2) is 0 Å². The first-order valence-corrected chi connectivity index (χ1v) is 3.68. The van der Waals surface area contributed by atoms with E-state index in [9.17, 15) is 0 Å². The summed E-state index contributed by atoms with van der Waals surface area (Å²) in [7, 11) is 0. The van der Waals surface area contributed by atoms with Crippen molar-refractivity contribution in [3.63, 3.8) is 0 Å². The van der Waals surface area contributed by atoms with Crippen molar-refractivity contribution in [2.45, 2.75) is 25.9 Å². The lowest BCUT2D eigenvalue weighted by molar-refractivity contribution is 0.221. The zero-order chi connectivity index (χ0) is 6.41. The minimum atomic E-state index is -0.406. The Balaban J connectivity index is 3.27. The van der Waals surface area contributed by atoms with Gasteiger partial charge in [-0.1, -0.05) is 19.3 Å². The van der Waals surface area contributed by atoms with E-state index in [1.165, 1.54) is 0 Å². The van der Waals surface area contributed by atoms with Crippen LogP contribution < -0.4 is 0 Å².